The van der Waals surface area contributed by atoms with Crippen molar-refractivity contribution in [1.29, 1.82) is 0 Å². The van der Waals surface area contributed by atoms with Gasteiger partial charge in [0.25, 0.3) is 0 Å². The van der Waals surface area contributed by atoms with E-state index in [1.165, 1.54) is 6.33 Å². The van der Waals surface area contributed by atoms with E-state index in [0.29, 0.717) is 12.4 Å². The summed E-state index contributed by atoms with van der Waals surface area (Å²) < 4.78 is 5.51. The van der Waals surface area contributed by atoms with Gasteiger partial charge in [-0.05, 0) is 20.8 Å². The van der Waals surface area contributed by atoms with Crippen molar-refractivity contribution in [2.45, 2.75) is 32.9 Å². The van der Waals surface area contributed by atoms with Crippen molar-refractivity contribution in [3.63, 3.8) is 0 Å². The lowest BCUT2D eigenvalue weighted by atomic mass is 10.3. The minimum absolute atomic E-state index is 0.111. The molecule has 0 spiro atoms. The fourth-order valence-corrected chi connectivity index (χ4v) is 1.21. The van der Waals surface area contributed by atoms with Crippen LogP contribution in [0.2, 0.25) is 0 Å². The minimum Gasteiger partial charge on any atom is -0.475 e. The van der Waals surface area contributed by atoms with Gasteiger partial charge >= 0.3 is 0 Å². The number of nitrogens with two attached hydrogens (primary N) is 1. The molecule has 0 saturated heterocycles. The lowest BCUT2D eigenvalue weighted by Gasteiger charge is -2.24. The molecule has 5 nitrogen and oxygen atoms in total. The van der Waals surface area contributed by atoms with Gasteiger partial charge in [-0.2, -0.15) is 0 Å². The van der Waals surface area contributed by atoms with Gasteiger partial charge in [0.1, 0.15) is 12.1 Å². The van der Waals surface area contributed by atoms with Crippen LogP contribution in [0, 0.1) is 0 Å². The van der Waals surface area contributed by atoms with Gasteiger partial charge in [-0.3, -0.25) is 0 Å². The number of anilines is 1. The zero-order valence-corrected chi connectivity index (χ0v) is 10.3. The molecule has 1 aromatic rings. The first-order chi connectivity index (χ1) is 7.54. The molecule has 0 aliphatic carbocycles. The Balaban J connectivity index is 2.81. The summed E-state index contributed by atoms with van der Waals surface area (Å²) in [4.78, 5) is 10.3. The summed E-state index contributed by atoms with van der Waals surface area (Å²) in [5.41, 5.74) is 5.61. The van der Waals surface area contributed by atoms with Crippen LogP contribution in [-0.4, -0.2) is 35.7 Å². The summed E-state index contributed by atoms with van der Waals surface area (Å²) in [5, 5.41) is 0. The fourth-order valence-electron chi connectivity index (χ4n) is 1.21. The standard InChI is InChI=1S/C11H20N4O/c1-8(2)16-11-5-10(13-7-14-11)15(4)9(3)6-12/h5,7-9H,6,12H2,1-4H3. The largest absolute Gasteiger partial charge is 0.475 e. The Morgan fingerprint density at radius 3 is 2.62 bits per heavy atom. The summed E-state index contributed by atoms with van der Waals surface area (Å²) in [7, 11) is 1.96. The zero-order valence-electron chi connectivity index (χ0n) is 10.3. The van der Waals surface area contributed by atoms with Crippen LogP contribution in [0.1, 0.15) is 20.8 Å². The van der Waals surface area contributed by atoms with Crippen molar-refractivity contribution in [2.24, 2.45) is 5.73 Å². The second-order valence-electron chi connectivity index (χ2n) is 4.08. The first-order valence-electron chi connectivity index (χ1n) is 5.46. The Morgan fingerprint density at radius 2 is 2.06 bits per heavy atom. The molecule has 0 radical (unpaired) electrons. The number of nitrogens with zero attached hydrogens (tertiary/aromatic N) is 3. The van der Waals surface area contributed by atoms with Crippen LogP contribution in [0.4, 0.5) is 5.82 Å². The van der Waals surface area contributed by atoms with Gasteiger partial charge in [-0.25, -0.2) is 9.97 Å². The van der Waals surface area contributed by atoms with E-state index in [9.17, 15) is 0 Å². The van der Waals surface area contributed by atoms with Crippen molar-refractivity contribution in [3.8, 4) is 5.88 Å². The van der Waals surface area contributed by atoms with Crippen LogP contribution in [0.3, 0.4) is 0 Å². The Bertz CT molecular complexity index is 330. The first kappa shape index (κ1) is 12.7. The molecule has 1 heterocycles. The van der Waals surface area contributed by atoms with Gasteiger partial charge in [-0.15, -0.1) is 0 Å². The Hall–Kier alpha value is -1.36. The average Bonchev–Trinajstić information content (AvgIpc) is 2.26. The molecule has 0 fully saturated rings. The molecule has 2 N–H and O–H groups in total. The van der Waals surface area contributed by atoms with Gasteiger partial charge < -0.3 is 15.4 Å². The summed E-state index contributed by atoms with van der Waals surface area (Å²) in [6.45, 7) is 6.56. The maximum Gasteiger partial charge on any atom is 0.218 e. The van der Waals surface area contributed by atoms with E-state index in [-0.39, 0.29) is 12.1 Å². The zero-order chi connectivity index (χ0) is 12.1. The summed E-state index contributed by atoms with van der Waals surface area (Å²) in [6.07, 6.45) is 1.62. The monoisotopic (exact) mass is 224 g/mol. The lowest BCUT2D eigenvalue weighted by molar-refractivity contribution is 0.232. The molecule has 0 bridgehead atoms. The van der Waals surface area contributed by atoms with Crippen molar-refractivity contribution in [2.75, 3.05) is 18.5 Å². The van der Waals surface area contributed by atoms with Crippen molar-refractivity contribution >= 4 is 5.82 Å². The highest BCUT2D eigenvalue weighted by Crippen LogP contribution is 2.16. The molecule has 0 aromatic carbocycles. The number of hydrogen-bond donors (Lipinski definition) is 1. The molecule has 90 valence electrons. The molecule has 1 unspecified atom stereocenters. The third-order valence-corrected chi connectivity index (χ3v) is 2.35. The van der Waals surface area contributed by atoms with Crippen molar-refractivity contribution in [3.05, 3.63) is 12.4 Å². The molecular formula is C11H20N4O. The Kier molecular flexibility index (Phi) is 4.49. The van der Waals surface area contributed by atoms with E-state index in [2.05, 4.69) is 9.97 Å². The van der Waals surface area contributed by atoms with Gasteiger partial charge in [0, 0.05) is 25.7 Å². The number of likely N-dealkylation sites (N-methyl/N-ethyl adjacent to an activating group) is 1. The van der Waals surface area contributed by atoms with E-state index in [1.54, 1.807) is 0 Å². The Morgan fingerprint density at radius 1 is 1.38 bits per heavy atom. The van der Waals surface area contributed by atoms with Crippen molar-refractivity contribution < 1.29 is 4.74 Å². The molecule has 1 rings (SSSR count). The van der Waals surface area contributed by atoms with Gasteiger partial charge in [-0.1, -0.05) is 0 Å². The van der Waals surface area contributed by atoms with Gasteiger partial charge in [0.2, 0.25) is 5.88 Å². The highest BCUT2D eigenvalue weighted by atomic mass is 16.5. The molecule has 0 aliphatic rings. The smallest absolute Gasteiger partial charge is 0.218 e. The van der Waals surface area contributed by atoms with Crippen LogP contribution < -0.4 is 15.4 Å². The highest BCUT2D eigenvalue weighted by molar-refractivity contribution is 5.40. The number of aromatic nitrogens is 2. The SMILES string of the molecule is CC(C)Oc1cc(N(C)C(C)CN)ncn1. The Labute approximate surface area is 96.6 Å². The summed E-state index contributed by atoms with van der Waals surface area (Å²) in [6, 6.07) is 2.06. The van der Waals surface area contributed by atoms with Gasteiger partial charge in [0.15, 0.2) is 0 Å². The van der Waals surface area contributed by atoms with Crippen molar-refractivity contribution in [1.82, 2.24) is 9.97 Å². The summed E-state index contributed by atoms with van der Waals surface area (Å²) >= 11 is 0. The predicted octanol–water partition coefficient (Wildman–Crippen LogP) is 1.05. The van der Waals surface area contributed by atoms with Crippen LogP contribution >= 0.6 is 0 Å². The normalized spacial score (nSPS) is 12.6. The lowest BCUT2D eigenvalue weighted by Crippen LogP contribution is -2.35. The van der Waals surface area contributed by atoms with E-state index < -0.39 is 0 Å². The second-order valence-corrected chi connectivity index (χ2v) is 4.08. The predicted molar refractivity (Wildman–Crippen MR) is 64.7 cm³/mol. The maximum atomic E-state index is 5.61. The van der Waals surface area contributed by atoms with Crippen LogP contribution in [0.5, 0.6) is 5.88 Å². The van der Waals surface area contributed by atoms with E-state index in [4.69, 9.17) is 10.5 Å². The van der Waals surface area contributed by atoms with E-state index in [0.717, 1.165) is 5.82 Å². The minimum atomic E-state index is 0.111. The molecule has 16 heavy (non-hydrogen) atoms. The average molecular weight is 224 g/mol. The van der Waals surface area contributed by atoms with Crippen LogP contribution in [0.25, 0.3) is 0 Å². The third kappa shape index (κ3) is 3.34. The van der Waals surface area contributed by atoms with Crippen LogP contribution in [0.15, 0.2) is 12.4 Å². The number of ether oxygens (including phenoxy) is 1. The molecule has 5 heteroatoms. The fraction of sp³-hybridized carbons (Fsp3) is 0.636. The maximum absolute atomic E-state index is 5.61. The molecule has 0 amide bonds. The quantitative estimate of drug-likeness (QED) is 0.809. The highest BCUT2D eigenvalue weighted by Gasteiger charge is 2.11. The molecule has 1 aromatic heterocycles. The number of hydrogen-bond acceptors (Lipinski definition) is 5. The van der Waals surface area contributed by atoms with E-state index >= 15 is 0 Å². The topological polar surface area (TPSA) is 64.3 Å². The molecule has 0 saturated carbocycles. The summed E-state index contributed by atoms with van der Waals surface area (Å²) in [5.74, 6) is 1.42. The molecule has 1 atom stereocenters. The van der Waals surface area contributed by atoms with Gasteiger partial charge in [0.05, 0.1) is 6.10 Å². The first-order valence-corrected chi connectivity index (χ1v) is 5.46. The molecule has 0 aliphatic heterocycles. The van der Waals surface area contributed by atoms with E-state index in [1.807, 2.05) is 38.8 Å². The third-order valence-electron chi connectivity index (χ3n) is 2.35. The van der Waals surface area contributed by atoms with Crippen LogP contribution in [-0.2, 0) is 0 Å². The molecular weight excluding hydrogens is 204 g/mol. The number of rotatable bonds is 5. The second kappa shape index (κ2) is 5.65.